The lowest BCUT2D eigenvalue weighted by Gasteiger charge is -2.10. The van der Waals surface area contributed by atoms with E-state index in [-0.39, 0.29) is 23.3 Å². The average Bonchev–Trinajstić information content (AvgIpc) is 3.04. The zero-order valence-electron chi connectivity index (χ0n) is 14.5. The number of rotatable bonds is 10. The summed E-state index contributed by atoms with van der Waals surface area (Å²) in [7, 11) is 0. The van der Waals surface area contributed by atoms with Crippen molar-refractivity contribution in [2.75, 3.05) is 18.9 Å². The first-order chi connectivity index (χ1) is 12.0. The molecule has 2 aromatic heterocycles. The Labute approximate surface area is 155 Å². The van der Waals surface area contributed by atoms with Crippen molar-refractivity contribution in [2.45, 2.75) is 38.1 Å². The van der Waals surface area contributed by atoms with Gasteiger partial charge in [-0.1, -0.05) is 17.8 Å². The first kappa shape index (κ1) is 19.7. The van der Waals surface area contributed by atoms with Gasteiger partial charge in [0.2, 0.25) is 5.91 Å². The van der Waals surface area contributed by atoms with Crippen LogP contribution in [0.2, 0.25) is 0 Å². The number of amides is 1. The minimum Gasteiger partial charge on any atom is -0.379 e. The normalized spacial score (nSPS) is 11.2. The maximum absolute atomic E-state index is 12.5. The molecule has 6 nitrogen and oxygen atoms in total. The molecule has 8 heteroatoms. The molecular weight excluding hydrogens is 358 g/mol. The molecule has 1 N–H and O–H groups in total. The molecule has 0 bridgehead atoms. The third-order valence-electron chi connectivity index (χ3n) is 3.29. The molecule has 1 amide bonds. The van der Waals surface area contributed by atoms with E-state index in [1.54, 1.807) is 16.7 Å². The van der Waals surface area contributed by atoms with E-state index in [1.807, 2.05) is 19.2 Å². The molecule has 2 rings (SSSR count). The SMILES string of the molecule is C=CCn1c(SCC(=O)NCCCOC(C)C)nc2sccc2c1=O. The molecular formula is C17H23N3O3S2. The Balaban J connectivity index is 1.93. The van der Waals surface area contributed by atoms with E-state index in [0.717, 1.165) is 6.42 Å². The predicted octanol–water partition coefficient (Wildman–Crippen LogP) is 2.67. The molecule has 0 aliphatic heterocycles. The third kappa shape index (κ3) is 5.69. The predicted molar refractivity (Wildman–Crippen MR) is 104 cm³/mol. The van der Waals surface area contributed by atoms with Crippen LogP contribution in [0.5, 0.6) is 0 Å². The Morgan fingerprint density at radius 1 is 1.56 bits per heavy atom. The van der Waals surface area contributed by atoms with Crippen LogP contribution in [0, 0.1) is 0 Å². The van der Waals surface area contributed by atoms with Crippen LogP contribution in [0.3, 0.4) is 0 Å². The van der Waals surface area contributed by atoms with E-state index in [9.17, 15) is 9.59 Å². The van der Waals surface area contributed by atoms with Gasteiger partial charge in [-0.2, -0.15) is 0 Å². The van der Waals surface area contributed by atoms with Gasteiger partial charge in [0.25, 0.3) is 5.56 Å². The van der Waals surface area contributed by atoms with E-state index in [4.69, 9.17) is 4.74 Å². The Kier molecular flexibility index (Phi) is 7.67. The summed E-state index contributed by atoms with van der Waals surface area (Å²) in [6, 6.07) is 1.77. The van der Waals surface area contributed by atoms with Crippen molar-refractivity contribution >= 4 is 39.2 Å². The van der Waals surface area contributed by atoms with Crippen LogP contribution in [0.4, 0.5) is 0 Å². The van der Waals surface area contributed by atoms with Crippen molar-refractivity contribution in [1.29, 1.82) is 0 Å². The molecule has 0 spiro atoms. The molecule has 136 valence electrons. The number of fused-ring (bicyclic) bond motifs is 1. The van der Waals surface area contributed by atoms with Gasteiger partial charge in [-0.25, -0.2) is 4.98 Å². The van der Waals surface area contributed by atoms with Gasteiger partial charge < -0.3 is 10.1 Å². The smallest absolute Gasteiger partial charge is 0.263 e. The first-order valence-corrected chi connectivity index (χ1v) is 9.99. The molecule has 2 heterocycles. The molecule has 0 atom stereocenters. The monoisotopic (exact) mass is 381 g/mol. The Bertz CT molecular complexity index is 783. The molecule has 0 radical (unpaired) electrons. The fourth-order valence-corrected chi connectivity index (χ4v) is 3.77. The zero-order chi connectivity index (χ0) is 18.2. The lowest BCUT2D eigenvalue weighted by Crippen LogP contribution is -2.28. The van der Waals surface area contributed by atoms with Gasteiger partial charge >= 0.3 is 0 Å². The highest BCUT2D eigenvalue weighted by Crippen LogP contribution is 2.21. The van der Waals surface area contributed by atoms with Gasteiger partial charge in [0, 0.05) is 19.7 Å². The molecule has 0 fully saturated rings. The zero-order valence-corrected chi connectivity index (χ0v) is 16.1. The number of ether oxygens (including phenoxy) is 1. The van der Waals surface area contributed by atoms with Gasteiger partial charge in [0.05, 0.1) is 17.2 Å². The van der Waals surface area contributed by atoms with Gasteiger partial charge in [-0.3, -0.25) is 14.2 Å². The van der Waals surface area contributed by atoms with Crippen LogP contribution < -0.4 is 10.9 Å². The van der Waals surface area contributed by atoms with Crippen LogP contribution in [-0.2, 0) is 16.1 Å². The molecule has 0 aliphatic rings. The fourth-order valence-electron chi connectivity index (χ4n) is 2.13. The van der Waals surface area contributed by atoms with Gasteiger partial charge in [-0.15, -0.1) is 17.9 Å². The minimum atomic E-state index is -0.0973. The second-order valence-corrected chi connectivity index (χ2v) is 7.49. The van der Waals surface area contributed by atoms with Gasteiger partial charge in [-0.05, 0) is 31.7 Å². The van der Waals surface area contributed by atoms with E-state index in [2.05, 4.69) is 16.9 Å². The van der Waals surface area contributed by atoms with Crippen molar-refractivity contribution in [3.05, 3.63) is 34.5 Å². The van der Waals surface area contributed by atoms with E-state index < -0.39 is 0 Å². The quantitative estimate of drug-likeness (QED) is 0.296. The number of aromatic nitrogens is 2. The summed E-state index contributed by atoms with van der Waals surface area (Å²) in [4.78, 5) is 29.7. The third-order valence-corrected chi connectivity index (χ3v) is 5.07. The highest BCUT2D eigenvalue weighted by atomic mass is 32.2. The molecule has 0 unspecified atom stereocenters. The van der Waals surface area contributed by atoms with Crippen molar-refractivity contribution in [2.24, 2.45) is 0 Å². The maximum Gasteiger partial charge on any atom is 0.263 e. The first-order valence-electron chi connectivity index (χ1n) is 8.13. The van der Waals surface area contributed by atoms with Crippen molar-refractivity contribution in [3.8, 4) is 0 Å². The second kappa shape index (κ2) is 9.74. The summed E-state index contributed by atoms with van der Waals surface area (Å²) >= 11 is 2.68. The number of carbonyl (C=O) groups is 1. The van der Waals surface area contributed by atoms with Crippen molar-refractivity contribution in [3.63, 3.8) is 0 Å². The Morgan fingerprint density at radius 2 is 2.36 bits per heavy atom. The van der Waals surface area contributed by atoms with Crippen molar-refractivity contribution in [1.82, 2.24) is 14.9 Å². The molecule has 0 aliphatic carbocycles. The van der Waals surface area contributed by atoms with E-state index >= 15 is 0 Å². The largest absolute Gasteiger partial charge is 0.379 e. The number of carbonyl (C=O) groups excluding carboxylic acids is 1. The molecule has 25 heavy (non-hydrogen) atoms. The Morgan fingerprint density at radius 3 is 3.08 bits per heavy atom. The second-order valence-electron chi connectivity index (χ2n) is 5.65. The molecule has 0 saturated carbocycles. The molecule has 2 aromatic rings. The fraction of sp³-hybridized carbons (Fsp3) is 0.471. The average molecular weight is 382 g/mol. The van der Waals surface area contributed by atoms with Gasteiger partial charge in [0.1, 0.15) is 4.83 Å². The highest BCUT2D eigenvalue weighted by molar-refractivity contribution is 7.99. The van der Waals surface area contributed by atoms with Crippen molar-refractivity contribution < 1.29 is 9.53 Å². The summed E-state index contributed by atoms with van der Waals surface area (Å²) in [6.45, 7) is 9.22. The molecule has 0 aromatic carbocycles. The number of allylic oxidation sites excluding steroid dienone is 1. The van der Waals surface area contributed by atoms with Crippen LogP contribution in [0.1, 0.15) is 20.3 Å². The number of nitrogens with one attached hydrogen (secondary N) is 1. The lowest BCUT2D eigenvalue weighted by molar-refractivity contribution is -0.118. The van der Waals surface area contributed by atoms with Crippen LogP contribution in [-0.4, -0.2) is 40.5 Å². The Hall–Kier alpha value is -1.64. The van der Waals surface area contributed by atoms with Crippen LogP contribution in [0.15, 0.2) is 34.1 Å². The highest BCUT2D eigenvalue weighted by Gasteiger charge is 2.13. The van der Waals surface area contributed by atoms with Gasteiger partial charge in [0.15, 0.2) is 5.16 Å². The summed E-state index contributed by atoms with van der Waals surface area (Å²) < 4.78 is 6.98. The summed E-state index contributed by atoms with van der Waals surface area (Å²) in [5, 5.41) is 5.84. The minimum absolute atomic E-state index is 0.0831. The molecule has 0 saturated heterocycles. The van der Waals surface area contributed by atoms with E-state index in [0.29, 0.717) is 35.1 Å². The van der Waals surface area contributed by atoms with Crippen LogP contribution in [0.25, 0.3) is 10.2 Å². The standard InChI is InChI=1S/C17H23N3O3S2/c1-4-8-20-16(22)13-6-10-24-15(13)19-17(20)25-11-14(21)18-7-5-9-23-12(2)3/h4,6,10,12H,1,5,7-9,11H2,2-3H3,(H,18,21). The summed E-state index contributed by atoms with van der Waals surface area (Å²) in [6.07, 6.45) is 2.63. The number of hydrogen-bond donors (Lipinski definition) is 1. The lowest BCUT2D eigenvalue weighted by atomic mass is 10.4. The number of thioether (sulfide) groups is 1. The number of hydrogen-bond acceptors (Lipinski definition) is 6. The summed E-state index contributed by atoms with van der Waals surface area (Å²) in [5.41, 5.74) is -0.0973. The van der Waals surface area contributed by atoms with Crippen LogP contribution >= 0.6 is 23.1 Å². The number of nitrogens with zero attached hydrogens (tertiary/aromatic N) is 2. The number of thiophene rings is 1. The maximum atomic E-state index is 12.5. The summed E-state index contributed by atoms with van der Waals surface area (Å²) in [5.74, 6) is 0.131. The van der Waals surface area contributed by atoms with E-state index in [1.165, 1.54) is 23.1 Å². The topological polar surface area (TPSA) is 73.2 Å².